The Morgan fingerprint density at radius 2 is 1.95 bits per heavy atom. The molecule has 2 nitrogen and oxygen atoms in total. The van der Waals surface area contributed by atoms with E-state index >= 15 is 0 Å². The molecular formula is C18H17NOS2. The molecule has 0 aliphatic carbocycles. The number of thioether (sulfide) groups is 1. The molecule has 0 saturated carbocycles. The SMILES string of the molecule is Cc1ccc(SCCC(=O)Nc2ccc3sccc3c2)cc1. The van der Waals surface area contributed by atoms with E-state index in [9.17, 15) is 4.79 Å². The van der Waals surface area contributed by atoms with Crippen LogP contribution >= 0.6 is 23.1 Å². The molecule has 0 spiro atoms. The van der Waals surface area contributed by atoms with Crippen molar-refractivity contribution >= 4 is 44.8 Å². The Hall–Kier alpha value is -1.78. The van der Waals surface area contributed by atoms with Crippen LogP contribution in [-0.4, -0.2) is 11.7 Å². The van der Waals surface area contributed by atoms with Crippen LogP contribution < -0.4 is 5.32 Å². The third-order valence-corrected chi connectivity index (χ3v) is 5.27. The van der Waals surface area contributed by atoms with E-state index in [0.29, 0.717) is 6.42 Å². The minimum absolute atomic E-state index is 0.0641. The van der Waals surface area contributed by atoms with Gasteiger partial charge in [0, 0.05) is 27.5 Å². The Labute approximate surface area is 138 Å². The number of thiophene rings is 1. The zero-order chi connectivity index (χ0) is 15.4. The highest BCUT2D eigenvalue weighted by molar-refractivity contribution is 7.99. The summed E-state index contributed by atoms with van der Waals surface area (Å²) in [7, 11) is 0. The van der Waals surface area contributed by atoms with E-state index in [1.54, 1.807) is 23.1 Å². The average molecular weight is 327 g/mol. The van der Waals surface area contributed by atoms with Crippen molar-refractivity contribution in [1.29, 1.82) is 0 Å². The minimum atomic E-state index is 0.0641. The van der Waals surface area contributed by atoms with Crippen molar-refractivity contribution in [2.24, 2.45) is 0 Å². The Balaban J connectivity index is 1.50. The molecule has 22 heavy (non-hydrogen) atoms. The zero-order valence-electron chi connectivity index (χ0n) is 12.3. The smallest absolute Gasteiger partial charge is 0.225 e. The summed E-state index contributed by atoms with van der Waals surface area (Å²) in [6.07, 6.45) is 0.514. The molecule has 1 heterocycles. The molecule has 0 saturated heterocycles. The topological polar surface area (TPSA) is 29.1 Å². The first-order chi connectivity index (χ1) is 10.7. The van der Waals surface area contributed by atoms with Crippen LogP contribution in [0.3, 0.4) is 0 Å². The van der Waals surface area contributed by atoms with E-state index in [1.165, 1.54) is 20.5 Å². The number of nitrogens with one attached hydrogen (secondary N) is 1. The number of aryl methyl sites for hydroxylation is 1. The van der Waals surface area contributed by atoms with Gasteiger partial charge in [0.2, 0.25) is 5.91 Å². The Kier molecular flexibility index (Phi) is 4.80. The maximum atomic E-state index is 12.0. The molecule has 4 heteroatoms. The van der Waals surface area contributed by atoms with Crippen LogP contribution in [0.15, 0.2) is 58.8 Å². The van der Waals surface area contributed by atoms with Crippen LogP contribution in [0.4, 0.5) is 5.69 Å². The van der Waals surface area contributed by atoms with E-state index in [2.05, 4.69) is 54.0 Å². The number of carbonyl (C=O) groups is 1. The summed E-state index contributed by atoms with van der Waals surface area (Å²) in [5.41, 5.74) is 2.13. The summed E-state index contributed by atoms with van der Waals surface area (Å²) >= 11 is 3.42. The lowest BCUT2D eigenvalue weighted by atomic mass is 10.2. The summed E-state index contributed by atoms with van der Waals surface area (Å²) in [5, 5.41) is 6.21. The van der Waals surface area contributed by atoms with Gasteiger partial charge in [-0.05, 0) is 54.1 Å². The fourth-order valence-corrected chi connectivity index (χ4v) is 3.79. The molecule has 3 rings (SSSR count). The fourth-order valence-electron chi connectivity index (χ4n) is 2.16. The van der Waals surface area contributed by atoms with Gasteiger partial charge in [0.25, 0.3) is 0 Å². The van der Waals surface area contributed by atoms with Crippen LogP contribution in [0.25, 0.3) is 10.1 Å². The summed E-state index contributed by atoms with van der Waals surface area (Å²) in [6, 6.07) is 16.5. The van der Waals surface area contributed by atoms with E-state index in [0.717, 1.165) is 11.4 Å². The van der Waals surface area contributed by atoms with Crippen LogP contribution in [-0.2, 0) is 4.79 Å². The van der Waals surface area contributed by atoms with Gasteiger partial charge in [0.05, 0.1) is 0 Å². The van der Waals surface area contributed by atoms with Gasteiger partial charge in [0.1, 0.15) is 0 Å². The quantitative estimate of drug-likeness (QED) is 0.642. The molecule has 0 bridgehead atoms. The molecule has 3 aromatic rings. The first-order valence-corrected chi connectivity index (χ1v) is 9.04. The number of benzene rings is 2. The number of anilines is 1. The molecule has 0 unspecified atom stereocenters. The van der Waals surface area contributed by atoms with Gasteiger partial charge in [-0.2, -0.15) is 0 Å². The molecule has 0 aliphatic heterocycles. The van der Waals surface area contributed by atoms with Crippen molar-refractivity contribution < 1.29 is 4.79 Å². The van der Waals surface area contributed by atoms with Gasteiger partial charge < -0.3 is 5.32 Å². The van der Waals surface area contributed by atoms with Gasteiger partial charge in [0.15, 0.2) is 0 Å². The molecule has 0 aliphatic rings. The molecular weight excluding hydrogens is 310 g/mol. The molecule has 1 amide bonds. The number of carbonyl (C=O) groups excluding carboxylic acids is 1. The van der Waals surface area contributed by atoms with Crippen molar-refractivity contribution in [3.63, 3.8) is 0 Å². The standard InChI is InChI=1S/C18H17NOS2/c1-13-2-5-16(6-3-13)21-11-9-18(20)19-15-4-7-17-14(12-15)8-10-22-17/h2-8,10,12H,9,11H2,1H3,(H,19,20). The largest absolute Gasteiger partial charge is 0.326 e. The second kappa shape index (κ2) is 6.99. The number of fused-ring (bicyclic) bond motifs is 1. The van der Waals surface area contributed by atoms with Gasteiger partial charge in [-0.25, -0.2) is 0 Å². The highest BCUT2D eigenvalue weighted by atomic mass is 32.2. The lowest BCUT2D eigenvalue weighted by Crippen LogP contribution is -2.11. The van der Waals surface area contributed by atoms with E-state index < -0.39 is 0 Å². The maximum Gasteiger partial charge on any atom is 0.225 e. The fraction of sp³-hybridized carbons (Fsp3) is 0.167. The Bertz CT molecular complexity index is 777. The van der Waals surface area contributed by atoms with Gasteiger partial charge in [-0.15, -0.1) is 23.1 Å². The Morgan fingerprint density at radius 1 is 1.14 bits per heavy atom. The molecule has 0 radical (unpaired) electrons. The third-order valence-electron chi connectivity index (χ3n) is 3.35. The van der Waals surface area contributed by atoms with Crippen molar-refractivity contribution in [1.82, 2.24) is 0 Å². The van der Waals surface area contributed by atoms with Crippen LogP contribution in [0.1, 0.15) is 12.0 Å². The normalized spacial score (nSPS) is 10.8. The molecule has 1 aromatic heterocycles. The number of hydrogen-bond acceptors (Lipinski definition) is 3. The van der Waals surface area contributed by atoms with E-state index in [-0.39, 0.29) is 5.91 Å². The summed E-state index contributed by atoms with van der Waals surface area (Å²) in [4.78, 5) is 13.2. The van der Waals surface area contributed by atoms with Crippen LogP contribution in [0.2, 0.25) is 0 Å². The zero-order valence-corrected chi connectivity index (χ0v) is 14.0. The highest BCUT2D eigenvalue weighted by Crippen LogP contribution is 2.24. The van der Waals surface area contributed by atoms with Crippen LogP contribution in [0, 0.1) is 6.92 Å². The number of hydrogen-bond donors (Lipinski definition) is 1. The first-order valence-electron chi connectivity index (χ1n) is 7.17. The second-order valence-electron chi connectivity index (χ2n) is 5.13. The van der Waals surface area contributed by atoms with Crippen molar-refractivity contribution in [2.45, 2.75) is 18.2 Å². The predicted octanol–water partition coefficient (Wildman–Crippen LogP) is 5.33. The van der Waals surface area contributed by atoms with E-state index in [1.807, 2.05) is 12.1 Å². The van der Waals surface area contributed by atoms with Crippen LogP contribution in [0.5, 0.6) is 0 Å². The molecule has 112 valence electrons. The monoisotopic (exact) mass is 327 g/mol. The van der Waals surface area contributed by atoms with Gasteiger partial charge in [-0.3, -0.25) is 4.79 Å². The van der Waals surface area contributed by atoms with Crippen molar-refractivity contribution in [3.05, 3.63) is 59.5 Å². The van der Waals surface area contributed by atoms with Crippen molar-refractivity contribution in [2.75, 3.05) is 11.1 Å². The summed E-state index contributed by atoms with van der Waals surface area (Å²) < 4.78 is 1.24. The number of amides is 1. The highest BCUT2D eigenvalue weighted by Gasteiger charge is 2.04. The second-order valence-corrected chi connectivity index (χ2v) is 7.25. The molecule has 2 aromatic carbocycles. The summed E-state index contributed by atoms with van der Waals surface area (Å²) in [5.74, 6) is 0.851. The van der Waals surface area contributed by atoms with Crippen molar-refractivity contribution in [3.8, 4) is 0 Å². The predicted molar refractivity (Wildman–Crippen MR) is 97.0 cm³/mol. The molecule has 0 atom stereocenters. The van der Waals surface area contributed by atoms with Gasteiger partial charge >= 0.3 is 0 Å². The molecule has 1 N–H and O–H groups in total. The Morgan fingerprint density at radius 3 is 2.77 bits per heavy atom. The minimum Gasteiger partial charge on any atom is -0.326 e. The lowest BCUT2D eigenvalue weighted by Gasteiger charge is -2.06. The lowest BCUT2D eigenvalue weighted by molar-refractivity contribution is -0.115. The molecule has 0 fully saturated rings. The van der Waals surface area contributed by atoms with E-state index in [4.69, 9.17) is 0 Å². The number of rotatable bonds is 5. The summed E-state index contributed by atoms with van der Waals surface area (Å²) in [6.45, 7) is 2.08. The third kappa shape index (κ3) is 3.90. The maximum absolute atomic E-state index is 12.0. The first kappa shape index (κ1) is 15.1. The van der Waals surface area contributed by atoms with Gasteiger partial charge in [-0.1, -0.05) is 17.7 Å². The average Bonchev–Trinajstić information content (AvgIpc) is 2.97.